The third kappa shape index (κ3) is 4.41. The number of hydrogen-bond donors (Lipinski definition) is 3. The Balaban J connectivity index is 1.42. The Bertz CT molecular complexity index is 1210. The van der Waals surface area contributed by atoms with E-state index in [1.54, 1.807) is 12.1 Å². The highest BCUT2D eigenvalue weighted by Gasteiger charge is 2.31. The maximum Gasteiger partial charge on any atom is 0.262 e. The second kappa shape index (κ2) is 8.36. The number of aromatic amines is 1. The first-order chi connectivity index (χ1) is 14.4. The molecule has 1 unspecified atom stereocenters. The second-order valence-electron chi connectivity index (χ2n) is 6.31. The van der Waals surface area contributed by atoms with Gasteiger partial charge in [0.1, 0.15) is 11.1 Å². The topological polar surface area (TPSA) is 119 Å². The van der Waals surface area contributed by atoms with Gasteiger partial charge in [0.2, 0.25) is 17.0 Å². The van der Waals surface area contributed by atoms with Crippen LogP contribution in [0.25, 0.3) is 10.9 Å². The van der Waals surface area contributed by atoms with Crippen LogP contribution in [0.4, 0.5) is 15.8 Å². The normalized spacial score (nSPS) is 16.4. The molecule has 1 aliphatic rings. The van der Waals surface area contributed by atoms with Gasteiger partial charge in [-0.15, -0.1) is 10.2 Å². The van der Waals surface area contributed by atoms with Gasteiger partial charge < -0.3 is 15.4 Å². The summed E-state index contributed by atoms with van der Waals surface area (Å²) in [4.78, 5) is 30.9. The largest absolute Gasteiger partial charge is 0.493 e. The summed E-state index contributed by atoms with van der Waals surface area (Å²) in [6.07, 6.45) is -0.116. The average molecular weight is 490 g/mol. The van der Waals surface area contributed by atoms with Crippen molar-refractivity contribution < 1.29 is 19.1 Å². The molecule has 1 aliphatic heterocycles. The number of azo groups is 1. The molecule has 0 bridgehead atoms. The number of fused-ring (bicyclic) bond motifs is 1. The quantitative estimate of drug-likeness (QED) is 0.452. The number of aliphatic imine (C=N–C) groups is 1. The predicted molar refractivity (Wildman–Crippen MR) is 116 cm³/mol. The van der Waals surface area contributed by atoms with Crippen LogP contribution in [0, 0.1) is 5.82 Å². The number of nitrogens with zero attached hydrogens (tertiary/aromatic N) is 3. The SMILES string of the molecule is O=C(CC1SC(N=Nc2c(O)[nH]c3ccc(Br)cc23)=NC1=O)Nc1ccc(F)cc1. The lowest BCUT2D eigenvalue weighted by molar-refractivity contribution is -0.121. The van der Waals surface area contributed by atoms with Gasteiger partial charge in [0.15, 0.2) is 5.69 Å². The van der Waals surface area contributed by atoms with Gasteiger partial charge in [0, 0.05) is 22.0 Å². The minimum absolute atomic E-state index is 0.100. The number of aromatic hydroxyl groups is 1. The number of rotatable bonds is 4. The van der Waals surface area contributed by atoms with Crippen LogP contribution in [-0.2, 0) is 9.59 Å². The van der Waals surface area contributed by atoms with Crippen molar-refractivity contribution in [3.8, 4) is 5.88 Å². The molecule has 3 aromatic rings. The maximum atomic E-state index is 12.9. The summed E-state index contributed by atoms with van der Waals surface area (Å²) in [6, 6.07) is 10.7. The van der Waals surface area contributed by atoms with Crippen LogP contribution in [0.5, 0.6) is 5.88 Å². The van der Waals surface area contributed by atoms with Crippen molar-refractivity contribution in [3.63, 3.8) is 0 Å². The van der Waals surface area contributed by atoms with Crippen molar-refractivity contribution in [1.82, 2.24) is 4.98 Å². The Morgan fingerprint density at radius 3 is 2.80 bits per heavy atom. The summed E-state index contributed by atoms with van der Waals surface area (Å²) in [5.74, 6) is -1.46. The molecule has 11 heteroatoms. The Hall–Kier alpha value is -3.05. The summed E-state index contributed by atoms with van der Waals surface area (Å²) in [7, 11) is 0. The molecule has 0 saturated heterocycles. The summed E-state index contributed by atoms with van der Waals surface area (Å²) >= 11 is 4.38. The highest BCUT2D eigenvalue weighted by molar-refractivity contribution is 9.10. The molecule has 0 saturated carbocycles. The molecule has 1 aromatic heterocycles. The van der Waals surface area contributed by atoms with Crippen molar-refractivity contribution >= 4 is 67.0 Å². The lowest BCUT2D eigenvalue weighted by Gasteiger charge is -2.07. The lowest BCUT2D eigenvalue weighted by Crippen LogP contribution is -2.21. The number of carbonyl (C=O) groups excluding carboxylic acids is 2. The van der Waals surface area contributed by atoms with Crippen molar-refractivity contribution in [1.29, 1.82) is 0 Å². The summed E-state index contributed by atoms with van der Waals surface area (Å²) in [5, 5.41) is 20.7. The van der Waals surface area contributed by atoms with Crippen LogP contribution in [0.2, 0.25) is 0 Å². The fraction of sp³-hybridized carbons (Fsp3) is 0.105. The van der Waals surface area contributed by atoms with E-state index in [0.717, 1.165) is 16.2 Å². The molecule has 4 rings (SSSR count). The summed E-state index contributed by atoms with van der Waals surface area (Å²) in [6.45, 7) is 0. The number of amidine groups is 1. The van der Waals surface area contributed by atoms with Gasteiger partial charge in [-0.05, 0) is 42.5 Å². The molecule has 30 heavy (non-hydrogen) atoms. The van der Waals surface area contributed by atoms with Crippen molar-refractivity contribution in [2.24, 2.45) is 15.2 Å². The first-order valence-corrected chi connectivity index (χ1v) is 10.3. The Labute approximate surface area is 181 Å². The Kier molecular flexibility index (Phi) is 5.64. The molecule has 1 atom stereocenters. The van der Waals surface area contributed by atoms with E-state index >= 15 is 0 Å². The number of anilines is 1. The molecule has 8 nitrogen and oxygen atoms in total. The zero-order valence-electron chi connectivity index (χ0n) is 15.1. The Morgan fingerprint density at radius 2 is 2.03 bits per heavy atom. The molecular weight excluding hydrogens is 477 g/mol. The van der Waals surface area contributed by atoms with Gasteiger partial charge >= 0.3 is 0 Å². The minimum atomic E-state index is -0.731. The monoisotopic (exact) mass is 489 g/mol. The van der Waals surface area contributed by atoms with Gasteiger partial charge in [0.25, 0.3) is 5.91 Å². The number of thioether (sulfide) groups is 1. The molecule has 0 radical (unpaired) electrons. The van der Waals surface area contributed by atoms with E-state index in [-0.39, 0.29) is 23.2 Å². The molecule has 2 aromatic carbocycles. The van der Waals surface area contributed by atoms with Gasteiger partial charge in [-0.1, -0.05) is 27.7 Å². The lowest BCUT2D eigenvalue weighted by atomic mass is 10.2. The number of benzene rings is 2. The predicted octanol–water partition coefficient (Wildman–Crippen LogP) is 4.89. The van der Waals surface area contributed by atoms with Crippen LogP contribution < -0.4 is 5.32 Å². The number of amides is 2. The summed E-state index contributed by atoms with van der Waals surface area (Å²) in [5.41, 5.74) is 1.33. The number of carbonyl (C=O) groups is 2. The fourth-order valence-electron chi connectivity index (χ4n) is 2.79. The van der Waals surface area contributed by atoms with Gasteiger partial charge in [-0.3, -0.25) is 9.59 Å². The molecular formula is C19H13BrFN5O3S. The van der Waals surface area contributed by atoms with E-state index in [4.69, 9.17) is 0 Å². The van der Waals surface area contributed by atoms with Gasteiger partial charge in [-0.2, -0.15) is 4.99 Å². The number of halogens is 2. The molecule has 2 amide bonds. The molecule has 3 N–H and O–H groups in total. The number of hydrogen-bond acceptors (Lipinski definition) is 6. The van der Waals surface area contributed by atoms with Crippen LogP contribution in [0.3, 0.4) is 0 Å². The number of H-pyrrole nitrogens is 1. The van der Waals surface area contributed by atoms with E-state index in [1.807, 2.05) is 6.07 Å². The average Bonchev–Trinajstić information content (AvgIpc) is 3.20. The Morgan fingerprint density at radius 1 is 1.27 bits per heavy atom. The minimum Gasteiger partial charge on any atom is -0.493 e. The highest BCUT2D eigenvalue weighted by atomic mass is 79.9. The van der Waals surface area contributed by atoms with Crippen molar-refractivity contribution in [3.05, 3.63) is 52.8 Å². The first-order valence-electron chi connectivity index (χ1n) is 8.65. The molecule has 2 heterocycles. The highest BCUT2D eigenvalue weighted by Crippen LogP contribution is 2.37. The molecule has 0 aliphatic carbocycles. The van der Waals surface area contributed by atoms with E-state index < -0.39 is 22.9 Å². The van der Waals surface area contributed by atoms with Crippen molar-refractivity contribution in [2.75, 3.05) is 5.32 Å². The second-order valence-corrected chi connectivity index (χ2v) is 8.40. The van der Waals surface area contributed by atoms with Crippen LogP contribution in [-0.4, -0.2) is 32.3 Å². The van der Waals surface area contributed by atoms with Crippen LogP contribution in [0.1, 0.15) is 6.42 Å². The zero-order valence-corrected chi connectivity index (χ0v) is 17.5. The van der Waals surface area contributed by atoms with E-state index in [2.05, 4.69) is 41.5 Å². The van der Waals surface area contributed by atoms with Crippen molar-refractivity contribution in [2.45, 2.75) is 11.7 Å². The number of nitrogens with one attached hydrogen (secondary N) is 2. The smallest absolute Gasteiger partial charge is 0.262 e. The van der Waals surface area contributed by atoms with Crippen LogP contribution in [0.15, 0.2) is 62.2 Å². The fourth-order valence-corrected chi connectivity index (χ4v) is 4.02. The van der Waals surface area contributed by atoms with Gasteiger partial charge in [0.05, 0.1) is 5.52 Å². The molecule has 152 valence electrons. The zero-order chi connectivity index (χ0) is 21.3. The summed E-state index contributed by atoms with van der Waals surface area (Å²) < 4.78 is 13.7. The van der Waals surface area contributed by atoms with Crippen LogP contribution >= 0.6 is 27.7 Å². The van der Waals surface area contributed by atoms with Gasteiger partial charge in [-0.25, -0.2) is 4.39 Å². The first kappa shape index (κ1) is 20.2. The standard InChI is InChI=1S/C19H13BrFN5O3S/c20-9-1-6-13-12(7-9)16(18(29)23-13)25-26-19-24-17(28)14(30-19)8-15(27)22-11-4-2-10(21)3-5-11/h1-7,14,23,29H,8H2,(H,22,27). The number of aromatic nitrogens is 1. The maximum absolute atomic E-state index is 12.9. The third-order valence-corrected chi connectivity index (χ3v) is 5.71. The molecule has 0 spiro atoms. The van der Waals surface area contributed by atoms with E-state index in [0.29, 0.717) is 16.6 Å². The third-order valence-electron chi connectivity index (χ3n) is 4.18. The van der Waals surface area contributed by atoms with E-state index in [1.165, 1.54) is 24.3 Å². The van der Waals surface area contributed by atoms with E-state index in [9.17, 15) is 19.1 Å². The molecule has 0 fully saturated rings.